The average molecular weight is 338 g/mol. The standard InChI is InChI=1S/C14H15N5O3.ClH/c20-13-12(9-10-1-3-11(4-2-10)19(21)22)16-14(17-13)18-7-5-15-6-8-18;/h1-4,9,15H,5-8H2,(H,16,17,20);1H. The van der Waals surface area contributed by atoms with Gasteiger partial charge in [-0.1, -0.05) is 0 Å². The molecule has 2 aliphatic heterocycles. The molecule has 2 heterocycles. The summed E-state index contributed by atoms with van der Waals surface area (Å²) in [5.41, 5.74) is 1.10. The Morgan fingerprint density at radius 2 is 1.87 bits per heavy atom. The number of rotatable bonds is 2. The van der Waals surface area contributed by atoms with Gasteiger partial charge in [-0.2, -0.15) is 4.99 Å². The Hall–Kier alpha value is -2.45. The lowest BCUT2D eigenvalue weighted by Gasteiger charge is -2.28. The molecule has 2 aliphatic rings. The third-order valence-electron chi connectivity index (χ3n) is 3.52. The number of hydrogen-bond donors (Lipinski definition) is 2. The molecule has 0 atom stereocenters. The SMILES string of the molecule is Cl.O=C1N=C(N2CCNCC2)NC1=Cc1ccc([N+](=O)[O-])cc1. The Balaban J connectivity index is 0.00000192. The van der Waals surface area contributed by atoms with Gasteiger partial charge in [0.15, 0.2) is 0 Å². The maximum absolute atomic E-state index is 11.9. The number of carbonyl (C=O) groups is 1. The molecule has 1 saturated heterocycles. The number of carbonyl (C=O) groups excluding carboxylic acids is 1. The van der Waals surface area contributed by atoms with Crippen LogP contribution in [0.15, 0.2) is 35.0 Å². The molecule has 122 valence electrons. The maximum Gasteiger partial charge on any atom is 0.296 e. The van der Waals surface area contributed by atoms with E-state index in [1.807, 2.05) is 4.90 Å². The fourth-order valence-corrected chi connectivity index (χ4v) is 2.34. The van der Waals surface area contributed by atoms with E-state index in [4.69, 9.17) is 0 Å². The number of guanidine groups is 1. The second-order valence-corrected chi connectivity index (χ2v) is 5.01. The highest BCUT2D eigenvalue weighted by molar-refractivity contribution is 6.12. The van der Waals surface area contributed by atoms with Crippen molar-refractivity contribution in [2.45, 2.75) is 0 Å². The number of nitrogens with one attached hydrogen (secondary N) is 2. The summed E-state index contributed by atoms with van der Waals surface area (Å²) in [4.78, 5) is 28.1. The van der Waals surface area contributed by atoms with Crippen LogP contribution in [0.3, 0.4) is 0 Å². The summed E-state index contributed by atoms with van der Waals surface area (Å²) in [6.07, 6.45) is 1.64. The average Bonchev–Trinajstić information content (AvgIpc) is 2.90. The first kappa shape index (κ1) is 16.9. The van der Waals surface area contributed by atoms with Gasteiger partial charge in [-0.3, -0.25) is 14.9 Å². The first-order valence-corrected chi connectivity index (χ1v) is 6.95. The Labute approximate surface area is 138 Å². The number of amides is 1. The van der Waals surface area contributed by atoms with Gasteiger partial charge in [-0.15, -0.1) is 12.4 Å². The first-order chi connectivity index (χ1) is 10.6. The van der Waals surface area contributed by atoms with Crippen molar-refractivity contribution in [3.63, 3.8) is 0 Å². The lowest BCUT2D eigenvalue weighted by molar-refractivity contribution is -0.384. The van der Waals surface area contributed by atoms with Gasteiger partial charge in [0.2, 0.25) is 5.96 Å². The van der Waals surface area contributed by atoms with Crippen LogP contribution in [-0.4, -0.2) is 47.9 Å². The molecule has 0 saturated carbocycles. The fraction of sp³-hybridized carbons (Fsp3) is 0.286. The molecule has 1 fully saturated rings. The summed E-state index contributed by atoms with van der Waals surface area (Å²) < 4.78 is 0. The van der Waals surface area contributed by atoms with Crippen molar-refractivity contribution in [3.8, 4) is 0 Å². The van der Waals surface area contributed by atoms with E-state index in [9.17, 15) is 14.9 Å². The molecule has 1 aromatic rings. The second kappa shape index (κ2) is 7.21. The molecule has 23 heavy (non-hydrogen) atoms. The predicted octanol–water partition coefficient (Wildman–Crippen LogP) is 0.748. The van der Waals surface area contributed by atoms with E-state index in [1.165, 1.54) is 12.1 Å². The minimum absolute atomic E-state index is 0. The van der Waals surface area contributed by atoms with Gasteiger partial charge in [-0.25, -0.2) is 0 Å². The van der Waals surface area contributed by atoms with Crippen LogP contribution in [0.1, 0.15) is 5.56 Å². The highest BCUT2D eigenvalue weighted by Gasteiger charge is 2.25. The van der Waals surface area contributed by atoms with E-state index < -0.39 is 4.92 Å². The normalized spacial score (nSPS) is 19.1. The zero-order chi connectivity index (χ0) is 15.5. The van der Waals surface area contributed by atoms with Gasteiger partial charge in [0, 0.05) is 38.3 Å². The van der Waals surface area contributed by atoms with E-state index in [1.54, 1.807) is 18.2 Å². The number of benzene rings is 1. The minimum Gasteiger partial charge on any atom is -0.340 e. The maximum atomic E-state index is 11.9. The minimum atomic E-state index is -0.457. The Kier molecular flexibility index (Phi) is 5.30. The van der Waals surface area contributed by atoms with Crippen LogP contribution < -0.4 is 10.6 Å². The molecule has 0 aliphatic carbocycles. The van der Waals surface area contributed by atoms with Crippen LogP contribution in [0.5, 0.6) is 0 Å². The number of nitro benzene ring substituents is 1. The quantitative estimate of drug-likeness (QED) is 0.469. The number of halogens is 1. The van der Waals surface area contributed by atoms with E-state index in [2.05, 4.69) is 15.6 Å². The summed E-state index contributed by atoms with van der Waals surface area (Å²) >= 11 is 0. The molecule has 0 aromatic heterocycles. The first-order valence-electron chi connectivity index (χ1n) is 6.95. The van der Waals surface area contributed by atoms with Crippen LogP contribution in [-0.2, 0) is 4.79 Å². The van der Waals surface area contributed by atoms with Crippen molar-refractivity contribution < 1.29 is 9.72 Å². The monoisotopic (exact) mass is 337 g/mol. The van der Waals surface area contributed by atoms with Gasteiger partial charge in [0.1, 0.15) is 5.70 Å². The van der Waals surface area contributed by atoms with Gasteiger partial charge in [0.25, 0.3) is 11.6 Å². The highest BCUT2D eigenvalue weighted by atomic mass is 35.5. The van der Waals surface area contributed by atoms with Crippen molar-refractivity contribution in [3.05, 3.63) is 45.6 Å². The zero-order valence-electron chi connectivity index (χ0n) is 12.2. The molecule has 0 bridgehead atoms. The number of aliphatic imine (C=N–C) groups is 1. The summed E-state index contributed by atoms with van der Waals surface area (Å²) in [7, 11) is 0. The van der Waals surface area contributed by atoms with Gasteiger partial charge in [-0.05, 0) is 23.8 Å². The molecular formula is C14H16ClN5O3. The number of piperazine rings is 1. The largest absolute Gasteiger partial charge is 0.340 e. The van der Waals surface area contributed by atoms with Crippen LogP contribution in [0.25, 0.3) is 6.08 Å². The van der Waals surface area contributed by atoms with E-state index >= 15 is 0 Å². The van der Waals surface area contributed by atoms with Crippen LogP contribution in [0, 0.1) is 10.1 Å². The molecule has 1 amide bonds. The Bertz CT molecular complexity index is 665. The zero-order valence-corrected chi connectivity index (χ0v) is 13.0. The topological polar surface area (TPSA) is 99.9 Å². The highest BCUT2D eigenvalue weighted by Crippen LogP contribution is 2.16. The van der Waals surface area contributed by atoms with Crippen LogP contribution in [0.2, 0.25) is 0 Å². The molecule has 0 unspecified atom stereocenters. The van der Waals surface area contributed by atoms with Crippen molar-refractivity contribution in [2.24, 2.45) is 4.99 Å². The van der Waals surface area contributed by atoms with Crippen LogP contribution >= 0.6 is 12.4 Å². The van der Waals surface area contributed by atoms with E-state index in [0.29, 0.717) is 17.2 Å². The number of hydrogen-bond acceptors (Lipinski definition) is 6. The number of non-ortho nitro benzene ring substituents is 1. The Morgan fingerprint density at radius 3 is 2.48 bits per heavy atom. The van der Waals surface area contributed by atoms with Crippen LogP contribution in [0.4, 0.5) is 5.69 Å². The van der Waals surface area contributed by atoms with Crippen molar-refractivity contribution in [1.29, 1.82) is 0 Å². The summed E-state index contributed by atoms with van der Waals surface area (Å²) in [6, 6.07) is 6.01. The Morgan fingerprint density at radius 1 is 1.22 bits per heavy atom. The fourth-order valence-electron chi connectivity index (χ4n) is 2.34. The van der Waals surface area contributed by atoms with E-state index in [0.717, 1.165) is 26.2 Å². The smallest absolute Gasteiger partial charge is 0.296 e. The summed E-state index contributed by atoms with van der Waals surface area (Å²) in [5.74, 6) is 0.242. The lowest BCUT2D eigenvalue weighted by Crippen LogP contribution is -2.49. The molecule has 0 radical (unpaired) electrons. The van der Waals surface area contributed by atoms with Gasteiger partial charge in [0.05, 0.1) is 4.92 Å². The molecule has 2 N–H and O–H groups in total. The number of nitro groups is 1. The van der Waals surface area contributed by atoms with Gasteiger partial charge >= 0.3 is 0 Å². The van der Waals surface area contributed by atoms with Crippen molar-refractivity contribution in [2.75, 3.05) is 26.2 Å². The predicted molar refractivity (Wildman–Crippen MR) is 88.3 cm³/mol. The third-order valence-corrected chi connectivity index (χ3v) is 3.52. The second-order valence-electron chi connectivity index (χ2n) is 5.01. The molecule has 8 nitrogen and oxygen atoms in total. The summed E-state index contributed by atoms with van der Waals surface area (Å²) in [5, 5.41) is 16.9. The van der Waals surface area contributed by atoms with E-state index in [-0.39, 0.29) is 24.0 Å². The third kappa shape index (κ3) is 3.85. The van der Waals surface area contributed by atoms with Crippen molar-refractivity contribution in [1.82, 2.24) is 15.5 Å². The number of nitrogens with zero attached hydrogens (tertiary/aromatic N) is 3. The lowest BCUT2D eigenvalue weighted by atomic mass is 10.2. The molecule has 3 rings (SSSR count). The van der Waals surface area contributed by atoms with Gasteiger partial charge < -0.3 is 15.5 Å². The molecule has 0 spiro atoms. The summed E-state index contributed by atoms with van der Waals surface area (Å²) in [6.45, 7) is 3.31. The molecular weight excluding hydrogens is 322 g/mol. The molecule has 1 aromatic carbocycles. The van der Waals surface area contributed by atoms with Crippen molar-refractivity contribution >= 4 is 36.0 Å². The molecule has 9 heteroatoms.